The second kappa shape index (κ2) is 4.37. The summed E-state index contributed by atoms with van der Waals surface area (Å²) in [7, 11) is 0. The number of hydrogen-bond acceptors (Lipinski definition) is 2. The third-order valence-electron chi connectivity index (χ3n) is 3.60. The molecule has 94 valence electrons. The second-order valence-corrected chi connectivity index (χ2v) is 4.91. The van der Waals surface area contributed by atoms with Crippen molar-refractivity contribution in [3.8, 4) is 0 Å². The van der Waals surface area contributed by atoms with Crippen LogP contribution in [0.15, 0.2) is 29.1 Å². The molecule has 1 aromatic carbocycles. The predicted octanol–water partition coefficient (Wildman–Crippen LogP) is 1.49. The van der Waals surface area contributed by atoms with Crippen LogP contribution in [0.4, 0.5) is 5.82 Å². The molecule has 0 fully saturated rings. The van der Waals surface area contributed by atoms with E-state index in [1.165, 1.54) is 42.0 Å². The van der Waals surface area contributed by atoms with Gasteiger partial charge in [0.15, 0.2) is 0 Å². The number of nitrogen functional groups attached to an aromatic ring is 1. The van der Waals surface area contributed by atoms with Gasteiger partial charge < -0.3 is 5.73 Å². The Morgan fingerprint density at radius 1 is 1.22 bits per heavy atom. The average Bonchev–Trinajstić information content (AvgIpc) is 2.92. The van der Waals surface area contributed by atoms with Crippen LogP contribution in [0.25, 0.3) is 0 Å². The van der Waals surface area contributed by atoms with E-state index >= 15 is 0 Å². The summed E-state index contributed by atoms with van der Waals surface area (Å²) in [5, 5.41) is 2.85. The molecule has 0 amide bonds. The van der Waals surface area contributed by atoms with Gasteiger partial charge in [0.2, 0.25) is 0 Å². The zero-order chi connectivity index (χ0) is 12.5. The number of anilines is 1. The number of fused-ring (bicyclic) bond motifs is 1. The number of aryl methyl sites for hydroxylation is 4. The van der Waals surface area contributed by atoms with Gasteiger partial charge in [0.25, 0.3) is 5.56 Å². The molecule has 0 saturated heterocycles. The predicted molar refractivity (Wildman–Crippen MR) is 71.6 cm³/mol. The van der Waals surface area contributed by atoms with E-state index < -0.39 is 0 Å². The van der Waals surface area contributed by atoms with Gasteiger partial charge in [0.1, 0.15) is 5.82 Å². The molecule has 3 N–H and O–H groups in total. The zero-order valence-electron chi connectivity index (χ0n) is 10.3. The summed E-state index contributed by atoms with van der Waals surface area (Å²) in [6, 6.07) is 8.09. The van der Waals surface area contributed by atoms with Crippen LogP contribution in [-0.4, -0.2) is 9.78 Å². The lowest BCUT2D eigenvalue weighted by molar-refractivity contribution is 0.598. The molecule has 18 heavy (non-hydrogen) atoms. The number of aromatic amines is 1. The van der Waals surface area contributed by atoms with E-state index in [0.29, 0.717) is 12.4 Å². The average molecular weight is 243 g/mol. The molecule has 1 aliphatic carbocycles. The number of benzene rings is 1. The summed E-state index contributed by atoms with van der Waals surface area (Å²) >= 11 is 0. The molecule has 1 aliphatic rings. The van der Waals surface area contributed by atoms with Gasteiger partial charge in [-0.1, -0.05) is 18.2 Å². The number of nitrogens with zero attached hydrogens (tertiary/aromatic N) is 1. The normalized spacial score (nSPS) is 13.8. The maximum atomic E-state index is 11.5. The Hall–Kier alpha value is -1.97. The van der Waals surface area contributed by atoms with Gasteiger partial charge in [-0.05, 0) is 42.4 Å². The first kappa shape index (κ1) is 11.1. The Kier molecular flexibility index (Phi) is 2.70. The van der Waals surface area contributed by atoms with Gasteiger partial charge >= 0.3 is 0 Å². The monoisotopic (exact) mass is 243 g/mol. The smallest absolute Gasteiger partial charge is 0.268 e. The fourth-order valence-corrected chi connectivity index (χ4v) is 2.64. The van der Waals surface area contributed by atoms with Crippen LogP contribution in [0.3, 0.4) is 0 Å². The molecule has 4 nitrogen and oxygen atoms in total. The van der Waals surface area contributed by atoms with Crippen LogP contribution in [0.2, 0.25) is 0 Å². The number of rotatable bonds is 3. The number of nitrogens with one attached hydrogen (secondary N) is 1. The summed E-state index contributed by atoms with van der Waals surface area (Å²) in [4.78, 5) is 11.5. The van der Waals surface area contributed by atoms with Crippen molar-refractivity contribution < 1.29 is 0 Å². The van der Waals surface area contributed by atoms with Crippen molar-refractivity contribution in [1.82, 2.24) is 9.78 Å². The summed E-state index contributed by atoms with van der Waals surface area (Å²) in [6.07, 6.45) is 4.53. The lowest BCUT2D eigenvalue weighted by Gasteiger charge is -2.05. The van der Waals surface area contributed by atoms with E-state index in [0.717, 1.165) is 6.42 Å². The highest BCUT2D eigenvalue weighted by Gasteiger charge is 2.10. The Balaban J connectivity index is 1.74. The lowest BCUT2D eigenvalue weighted by Crippen LogP contribution is -2.17. The highest BCUT2D eigenvalue weighted by Crippen LogP contribution is 2.23. The lowest BCUT2D eigenvalue weighted by atomic mass is 10.0. The molecule has 0 saturated carbocycles. The van der Waals surface area contributed by atoms with E-state index in [9.17, 15) is 4.79 Å². The minimum absolute atomic E-state index is 0.0614. The van der Waals surface area contributed by atoms with Crippen LogP contribution in [0, 0.1) is 0 Å². The van der Waals surface area contributed by atoms with Gasteiger partial charge in [0.05, 0.1) is 0 Å². The van der Waals surface area contributed by atoms with Crippen LogP contribution in [0.5, 0.6) is 0 Å². The van der Waals surface area contributed by atoms with E-state index in [1.54, 1.807) is 4.68 Å². The molecule has 0 aliphatic heterocycles. The molecule has 0 radical (unpaired) electrons. The van der Waals surface area contributed by atoms with Gasteiger partial charge in [-0.15, -0.1) is 0 Å². The molecule has 4 heteroatoms. The van der Waals surface area contributed by atoms with Crippen molar-refractivity contribution in [3.63, 3.8) is 0 Å². The van der Waals surface area contributed by atoms with Crippen LogP contribution >= 0.6 is 0 Å². The van der Waals surface area contributed by atoms with Crippen molar-refractivity contribution in [2.24, 2.45) is 0 Å². The van der Waals surface area contributed by atoms with Gasteiger partial charge in [-0.25, -0.2) is 0 Å². The van der Waals surface area contributed by atoms with Gasteiger partial charge in [-0.2, -0.15) is 0 Å². The Morgan fingerprint density at radius 3 is 2.83 bits per heavy atom. The van der Waals surface area contributed by atoms with Crippen molar-refractivity contribution in [2.75, 3.05) is 5.73 Å². The maximum Gasteiger partial charge on any atom is 0.268 e. The summed E-state index contributed by atoms with van der Waals surface area (Å²) < 4.78 is 1.56. The first-order valence-electron chi connectivity index (χ1n) is 6.38. The Labute approximate surface area is 105 Å². The first-order valence-corrected chi connectivity index (χ1v) is 6.38. The largest absolute Gasteiger partial charge is 0.384 e. The minimum Gasteiger partial charge on any atom is -0.384 e. The summed E-state index contributed by atoms with van der Waals surface area (Å²) in [6.45, 7) is 0.648. The van der Waals surface area contributed by atoms with Crippen molar-refractivity contribution in [3.05, 3.63) is 51.3 Å². The molecule has 1 aromatic heterocycles. The molecule has 3 rings (SSSR count). The third-order valence-corrected chi connectivity index (χ3v) is 3.60. The maximum absolute atomic E-state index is 11.5. The van der Waals surface area contributed by atoms with Crippen molar-refractivity contribution in [2.45, 2.75) is 32.2 Å². The number of nitrogens with two attached hydrogens (primary N) is 1. The van der Waals surface area contributed by atoms with E-state index in [-0.39, 0.29) is 5.56 Å². The minimum atomic E-state index is -0.0614. The molecular weight excluding hydrogens is 226 g/mol. The zero-order valence-corrected chi connectivity index (χ0v) is 10.3. The standard InChI is InChI=1S/C14H17N3O/c15-13-9-14(18)17(16-13)7-6-10-4-5-11-2-1-3-12(11)8-10/h4-5,8-9,16H,1-3,6-7,15H2. The van der Waals surface area contributed by atoms with Crippen LogP contribution in [-0.2, 0) is 25.8 Å². The molecule has 0 bridgehead atoms. The highest BCUT2D eigenvalue weighted by molar-refractivity contribution is 5.35. The summed E-state index contributed by atoms with van der Waals surface area (Å²) in [5.41, 5.74) is 9.74. The van der Waals surface area contributed by atoms with E-state index in [4.69, 9.17) is 5.73 Å². The van der Waals surface area contributed by atoms with Gasteiger partial charge in [0, 0.05) is 12.6 Å². The SMILES string of the molecule is Nc1cc(=O)n(CCc2ccc3c(c2)CCC3)[nH]1. The molecule has 2 aromatic rings. The molecule has 0 spiro atoms. The fraction of sp³-hybridized carbons (Fsp3) is 0.357. The van der Waals surface area contributed by atoms with E-state index in [2.05, 4.69) is 23.3 Å². The topological polar surface area (TPSA) is 63.8 Å². The molecule has 0 unspecified atom stereocenters. The quantitative estimate of drug-likeness (QED) is 0.857. The van der Waals surface area contributed by atoms with Gasteiger partial charge in [-0.3, -0.25) is 14.6 Å². The van der Waals surface area contributed by atoms with Crippen molar-refractivity contribution in [1.29, 1.82) is 0 Å². The summed E-state index contributed by atoms with van der Waals surface area (Å²) in [5.74, 6) is 0.425. The number of hydrogen-bond donors (Lipinski definition) is 2. The highest BCUT2D eigenvalue weighted by atomic mass is 16.1. The number of aromatic nitrogens is 2. The Bertz CT molecular complexity index is 624. The van der Waals surface area contributed by atoms with Crippen LogP contribution < -0.4 is 11.3 Å². The van der Waals surface area contributed by atoms with E-state index in [1.807, 2.05) is 0 Å². The fourth-order valence-electron chi connectivity index (χ4n) is 2.64. The van der Waals surface area contributed by atoms with Crippen LogP contribution in [0.1, 0.15) is 23.1 Å². The number of H-pyrrole nitrogens is 1. The second-order valence-electron chi connectivity index (χ2n) is 4.91. The molecular formula is C14H17N3O. The van der Waals surface area contributed by atoms with Crippen molar-refractivity contribution >= 4 is 5.82 Å². The third kappa shape index (κ3) is 2.06. The molecule has 0 atom stereocenters. The molecule has 1 heterocycles. The Morgan fingerprint density at radius 2 is 2.06 bits per heavy atom. The first-order chi connectivity index (χ1) is 8.72.